The van der Waals surface area contributed by atoms with Gasteiger partial charge in [0.05, 0.1) is 12.0 Å². The Morgan fingerprint density at radius 2 is 1.45 bits per heavy atom. The van der Waals surface area contributed by atoms with E-state index in [1.165, 1.54) is 0 Å². The van der Waals surface area contributed by atoms with E-state index in [1.807, 2.05) is 60.7 Å². The van der Waals surface area contributed by atoms with Crippen LogP contribution in [0.1, 0.15) is 48.9 Å². The average molecular weight is 443 g/mol. The molecule has 0 aromatic heterocycles. The molecule has 0 saturated heterocycles. The molecule has 1 amide bonds. The fourth-order valence-corrected chi connectivity index (χ4v) is 4.35. The van der Waals surface area contributed by atoms with Crippen LogP contribution in [-0.2, 0) is 21.4 Å². The largest absolute Gasteiger partial charge is 0.548 e. The number of alkyl carbamates (subject to hydrolysis) is 1. The Kier molecular flexibility index (Phi) is 6.23. The lowest BCUT2D eigenvalue weighted by Crippen LogP contribution is -2.49. The highest BCUT2D eigenvalue weighted by molar-refractivity contribution is 5.80. The number of nitrogens with one attached hydrogen (secondary N) is 1. The molecule has 0 radical (unpaired) electrons. The van der Waals surface area contributed by atoms with Crippen LogP contribution in [-0.4, -0.2) is 24.7 Å². The van der Waals surface area contributed by atoms with Crippen molar-refractivity contribution in [2.45, 2.75) is 44.6 Å². The molecular weight excluding hydrogens is 414 g/mol. The predicted molar refractivity (Wildman–Crippen MR) is 126 cm³/mol. The number of fused-ring (bicyclic) bond motifs is 3. The number of ether oxygens (including phenoxy) is 1. The fourth-order valence-electron chi connectivity index (χ4n) is 4.35. The molecule has 1 N–H and O–H groups in total. The van der Waals surface area contributed by atoms with Crippen molar-refractivity contribution in [3.8, 4) is 11.1 Å². The summed E-state index contributed by atoms with van der Waals surface area (Å²) >= 11 is 0. The summed E-state index contributed by atoms with van der Waals surface area (Å²) in [5, 5.41) is 14.1. The molecule has 1 aliphatic carbocycles. The average Bonchev–Trinajstić information content (AvgIpc) is 3.11. The van der Waals surface area contributed by atoms with E-state index in [-0.39, 0.29) is 24.4 Å². The van der Waals surface area contributed by atoms with E-state index in [1.54, 1.807) is 0 Å². The van der Waals surface area contributed by atoms with Crippen molar-refractivity contribution >= 4 is 12.1 Å². The minimum Gasteiger partial charge on any atom is -0.548 e. The van der Waals surface area contributed by atoms with Crippen LogP contribution in [0.5, 0.6) is 0 Å². The molecule has 0 aliphatic heterocycles. The Labute approximate surface area is 194 Å². The molecule has 1 aliphatic rings. The van der Waals surface area contributed by atoms with E-state index < -0.39 is 18.1 Å². The van der Waals surface area contributed by atoms with Gasteiger partial charge in [-0.05, 0) is 45.2 Å². The number of amides is 1. The number of carboxylic acid groups (broad SMARTS) is 1. The SMILES string of the molecule is CC(C)(C)c1ccc(C[C@H](NC(=O)OCC2c3ccccc3-c3ccccc32)C(=O)[O-])cc1. The van der Waals surface area contributed by atoms with Crippen LogP contribution >= 0.6 is 0 Å². The van der Waals surface area contributed by atoms with Gasteiger partial charge in [0.1, 0.15) is 6.61 Å². The standard InChI is InChI=1S/C28H29NO4/c1-28(2,3)19-14-12-18(13-15-19)16-25(26(30)31)29-27(32)33-17-24-22-10-6-4-8-20(22)21-9-5-7-11-23(21)24/h4-15,24-25H,16-17H2,1-3H3,(H,29,32)(H,30,31)/p-1/t25-/m0/s1. The third kappa shape index (κ3) is 4.92. The van der Waals surface area contributed by atoms with Crippen molar-refractivity contribution < 1.29 is 19.4 Å². The summed E-state index contributed by atoms with van der Waals surface area (Å²) in [6.45, 7) is 6.47. The lowest BCUT2D eigenvalue weighted by molar-refractivity contribution is -0.308. The molecule has 1 atom stereocenters. The first kappa shape index (κ1) is 22.6. The van der Waals surface area contributed by atoms with Gasteiger partial charge >= 0.3 is 6.09 Å². The summed E-state index contributed by atoms with van der Waals surface area (Å²) in [5.41, 5.74) is 6.42. The molecule has 0 heterocycles. The molecule has 3 aromatic rings. The molecule has 3 aromatic carbocycles. The Balaban J connectivity index is 1.41. The number of hydrogen-bond donors (Lipinski definition) is 1. The Morgan fingerprint density at radius 1 is 0.909 bits per heavy atom. The monoisotopic (exact) mass is 442 g/mol. The molecular formula is C28H28NO4-. The summed E-state index contributed by atoms with van der Waals surface area (Å²) < 4.78 is 5.48. The molecule has 33 heavy (non-hydrogen) atoms. The maximum Gasteiger partial charge on any atom is 0.407 e. The minimum atomic E-state index is -1.34. The zero-order chi connectivity index (χ0) is 23.6. The number of aliphatic carboxylic acids is 1. The number of carbonyl (C=O) groups is 2. The quantitative estimate of drug-likeness (QED) is 0.621. The third-order valence-electron chi connectivity index (χ3n) is 6.18. The second-order valence-corrected chi connectivity index (χ2v) is 9.49. The van der Waals surface area contributed by atoms with Crippen LogP contribution in [0.15, 0.2) is 72.8 Å². The van der Waals surface area contributed by atoms with E-state index in [0.29, 0.717) is 0 Å². The maximum absolute atomic E-state index is 12.5. The molecule has 5 nitrogen and oxygen atoms in total. The van der Waals surface area contributed by atoms with Crippen molar-refractivity contribution in [2.75, 3.05) is 6.61 Å². The highest BCUT2D eigenvalue weighted by atomic mass is 16.5. The molecule has 170 valence electrons. The van der Waals surface area contributed by atoms with Crippen molar-refractivity contribution in [3.05, 3.63) is 95.1 Å². The van der Waals surface area contributed by atoms with Gasteiger partial charge in [-0.25, -0.2) is 4.79 Å². The first-order valence-corrected chi connectivity index (χ1v) is 11.2. The van der Waals surface area contributed by atoms with Crippen LogP contribution in [0.25, 0.3) is 11.1 Å². The highest BCUT2D eigenvalue weighted by Gasteiger charge is 2.29. The van der Waals surface area contributed by atoms with Crippen LogP contribution in [0.4, 0.5) is 4.79 Å². The van der Waals surface area contributed by atoms with Crippen LogP contribution < -0.4 is 10.4 Å². The number of hydrogen-bond acceptors (Lipinski definition) is 4. The summed E-state index contributed by atoms with van der Waals surface area (Å²) in [6.07, 6.45) is -0.644. The lowest BCUT2D eigenvalue weighted by atomic mass is 9.86. The highest BCUT2D eigenvalue weighted by Crippen LogP contribution is 2.44. The van der Waals surface area contributed by atoms with E-state index in [9.17, 15) is 14.7 Å². The van der Waals surface area contributed by atoms with Gasteiger partial charge in [-0.1, -0.05) is 93.6 Å². The minimum absolute atomic E-state index is 0.00577. The molecule has 5 heteroatoms. The van der Waals surface area contributed by atoms with E-state index in [0.717, 1.165) is 33.4 Å². The first-order valence-electron chi connectivity index (χ1n) is 11.2. The number of rotatable bonds is 6. The topological polar surface area (TPSA) is 78.5 Å². The van der Waals surface area contributed by atoms with Gasteiger partial charge in [0.15, 0.2) is 0 Å². The molecule has 0 saturated carbocycles. The fraction of sp³-hybridized carbons (Fsp3) is 0.286. The van der Waals surface area contributed by atoms with Crippen LogP contribution in [0, 0.1) is 0 Å². The van der Waals surface area contributed by atoms with Crippen molar-refractivity contribution in [1.29, 1.82) is 0 Å². The van der Waals surface area contributed by atoms with Gasteiger partial charge < -0.3 is 20.0 Å². The van der Waals surface area contributed by atoms with Crippen LogP contribution in [0.2, 0.25) is 0 Å². The predicted octanol–water partition coefficient (Wildman–Crippen LogP) is 4.18. The molecule has 0 bridgehead atoms. The van der Waals surface area contributed by atoms with Crippen LogP contribution in [0.3, 0.4) is 0 Å². The summed E-state index contributed by atoms with van der Waals surface area (Å²) in [7, 11) is 0. The number of benzene rings is 3. The molecule has 0 fully saturated rings. The van der Waals surface area contributed by atoms with Crippen molar-refractivity contribution in [1.82, 2.24) is 5.32 Å². The maximum atomic E-state index is 12.5. The number of carbonyl (C=O) groups excluding carboxylic acids is 2. The number of carboxylic acids is 1. The van der Waals surface area contributed by atoms with Gasteiger partial charge in [0, 0.05) is 5.92 Å². The summed E-state index contributed by atoms with van der Waals surface area (Å²) in [4.78, 5) is 24.2. The van der Waals surface area contributed by atoms with Gasteiger partial charge in [-0.15, -0.1) is 0 Å². The van der Waals surface area contributed by atoms with Crippen molar-refractivity contribution in [3.63, 3.8) is 0 Å². The van der Waals surface area contributed by atoms with E-state index in [4.69, 9.17) is 4.74 Å². The second-order valence-electron chi connectivity index (χ2n) is 9.49. The lowest BCUT2D eigenvalue weighted by Gasteiger charge is -2.22. The zero-order valence-electron chi connectivity index (χ0n) is 19.1. The Hall–Kier alpha value is -3.60. The van der Waals surface area contributed by atoms with E-state index >= 15 is 0 Å². The van der Waals surface area contributed by atoms with Gasteiger partial charge in [-0.3, -0.25) is 0 Å². The third-order valence-corrected chi connectivity index (χ3v) is 6.18. The Bertz CT molecular complexity index is 1120. The van der Waals surface area contributed by atoms with Crippen molar-refractivity contribution in [2.24, 2.45) is 0 Å². The molecule has 0 spiro atoms. The smallest absolute Gasteiger partial charge is 0.407 e. The normalized spacial score (nSPS) is 13.7. The summed E-state index contributed by atoms with van der Waals surface area (Å²) in [6, 6.07) is 22.7. The zero-order valence-corrected chi connectivity index (χ0v) is 19.1. The van der Waals surface area contributed by atoms with Gasteiger partial charge in [0.25, 0.3) is 0 Å². The Morgan fingerprint density at radius 3 is 1.97 bits per heavy atom. The van der Waals surface area contributed by atoms with Gasteiger partial charge in [0.2, 0.25) is 0 Å². The molecule has 0 unspecified atom stereocenters. The van der Waals surface area contributed by atoms with Gasteiger partial charge in [-0.2, -0.15) is 0 Å². The van der Waals surface area contributed by atoms with E-state index in [2.05, 4.69) is 38.2 Å². The first-order chi connectivity index (χ1) is 15.7. The summed E-state index contributed by atoms with van der Waals surface area (Å²) in [5.74, 6) is -1.43. The second kappa shape index (κ2) is 9.10. The molecule has 4 rings (SSSR count).